The summed E-state index contributed by atoms with van der Waals surface area (Å²) in [6.07, 6.45) is 2.89. The van der Waals surface area contributed by atoms with E-state index in [9.17, 15) is 9.59 Å². The zero-order valence-corrected chi connectivity index (χ0v) is 10.5. The Kier molecular flexibility index (Phi) is 3.64. The third-order valence-electron chi connectivity index (χ3n) is 3.03. The van der Waals surface area contributed by atoms with Crippen molar-refractivity contribution in [3.05, 3.63) is 17.7 Å². The molecule has 1 aliphatic heterocycles. The molecule has 1 aromatic rings. The summed E-state index contributed by atoms with van der Waals surface area (Å²) in [6, 6.07) is 0. The molecule has 1 aromatic heterocycles. The molecule has 0 aliphatic carbocycles. The molecule has 6 nitrogen and oxygen atoms in total. The van der Waals surface area contributed by atoms with Gasteiger partial charge in [0.25, 0.3) is 0 Å². The average Bonchev–Trinajstić information content (AvgIpc) is 2.80. The monoisotopic (exact) mass is 252 g/mol. The summed E-state index contributed by atoms with van der Waals surface area (Å²) in [7, 11) is 1.38. The molecular formula is C12H16N2O4. The van der Waals surface area contributed by atoms with Crippen LogP contribution in [0.25, 0.3) is 0 Å². The molecule has 0 N–H and O–H groups in total. The zero-order valence-electron chi connectivity index (χ0n) is 10.5. The van der Waals surface area contributed by atoms with E-state index in [1.807, 2.05) is 4.57 Å². The van der Waals surface area contributed by atoms with E-state index in [0.717, 1.165) is 5.82 Å². The molecule has 0 spiro atoms. The van der Waals surface area contributed by atoms with Crippen LogP contribution in [0.1, 0.15) is 29.7 Å². The van der Waals surface area contributed by atoms with E-state index in [2.05, 4.69) is 4.98 Å². The number of ether oxygens (including phenoxy) is 2. The number of esters is 2. The van der Waals surface area contributed by atoms with Crippen LogP contribution in [0.15, 0.2) is 6.20 Å². The lowest BCUT2D eigenvalue weighted by atomic mass is 9.98. The summed E-state index contributed by atoms with van der Waals surface area (Å²) < 4.78 is 11.5. The van der Waals surface area contributed by atoms with Gasteiger partial charge < -0.3 is 14.0 Å². The second-order valence-electron chi connectivity index (χ2n) is 4.17. The molecular weight excluding hydrogens is 236 g/mol. The van der Waals surface area contributed by atoms with E-state index >= 15 is 0 Å². The molecule has 0 bridgehead atoms. The summed E-state index contributed by atoms with van der Waals surface area (Å²) in [5.74, 6) is -0.0735. The van der Waals surface area contributed by atoms with Crippen LogP contribution < -0.4 is 0 Å². The fraction of sp³-hybridized carbons (Fsp3) is 0.583. The van der Waals surface area contributed by atoms with Crippen LogP contribution >= 0.6 is 0 Å². The Bertz CT molecular complexity index is 467. The lowest BCUT2D eigenvalue weighted by Gasteiger charge is -2.20. The molecule has 0 aromatic carbocycles. The van der Waals surface area contributed by atoms with Crippen LogP contribution in [0, 0.1) is 5.92 Å². The van der Waals surface area contributed by atoms with Gasteiger partial charge in [0.2, 0.25) is 0 Å². The standard InChI is InChI=1S/C12H16N2O4/c1-3-18-12(16)9-7-14-5-4-8(11(15)17-2)6-10(14)13-9/h7-8H,3-6H2,1-2H3. The van der Waals surface area contributed by atoms with Gasteiger partial charge in [-0.3, -0.25) is 4.79 Å². The van der Waals surface area contributed by atoms with Crippen molar-refractivity contribution in [2.24, 2.45) is 5.92 Å². The van der Waals surface area contributed by atoms with Gasteiger partial charge in [0.05, 0.1) is 19.6 Å². The molecule has 0 saturated heterocycles. The Balaban J connectivity index is 2.13. The number of imidazole rings is 1. The largest absolute Gasteiger partial charge is 0.469 e. The first-order chi connectivity index (χ1) is 8.65. The molecule has 1 aliphatic rings. The van der Waals surface area contributed by atoms with Gasteiger partial charge in [0.1, 0.15) is 5.82 Å². The normalized spacial score (nSPS) is 18.0. The number of hydrogen-bond acceptors (Lipinski definition) is 5. The summed E-state index contributed by atoms with van der Waals surface area (Å²) in [6.45, 7) is 2.74. The number of fused-ring (bicyclic) bond motifs is 1. The van der Waals surface area contributed by atoms with E-state index in [0.29, 0.717) is 31.7 Å². The van der Waals surface area contributed by atoms with Crippen LogP contribution in [-0.2, 0) is 27.2 Å². The number of carbonyl (C=O) groups is 2. The smallest absolute Gasteiger partial charge is 0.358 e. The van der Waals surface area contributed by atoms with Crippen molar-refractivity contribution in [3.8, 4) is 0 Å². The van der Waals surface area contributed by atoms with Crippen molar-refractivity contribution in [2.45, 2.75) is 26.3 Å². The third-order valence-corrected chi connectivity index (χ3v) is 3.03. The summed E-state index contributed by atoms with van der Waals surface area (Å²) >= 11 is 0. The highest BCUT2D eigenvalue weighted by Crippen LogP contribution is 2.21. The zero-order chi connectivity index (χ0) is 13.1. The molecule has 98 valence electrons. The quantitative estimate of drug-likeness (QED) is 0.744. The number of carbonyl (C=O) groups excluding carboxylic acids is 2. The lowest BCUT2D eigenvalue weighted by molar-refractivity contribution is -0.146. The number of aromatic nitrogens is 2. The maximum Gasteiger partial charge on any atom is 0.358 e. The first kappa shape index (κ1) is 12.6. The molecule has 2 heterocycles. The topological polar surface area (TPSA) is 70.4 Å². The Hall–Kier alpha value is -1.85. The van der Waals surface area contributed by atoms with Crippen LogP contribution in [0.2, 0.25) is 0 Å². The molecule has 1 unspecified atom stereocenters. The van der Waals surface area contributed by atoms with Crippen LogP contribution in [0.3, 0.4) is 0 Å². The highest BCUT2D eigenvalue weighted by atomic mass is 16.5. The van der Waals surface area contributed by atoms with Crippen molar-refractivity contribution in [1.82, 2.24) is 9.55 Å². The van der Waals surface area contributed by atoms with Crippen molar-refractivity contribution < 1.29 is 19.1 Å². The van der Waals surface area contributed by atoms with Gasteiger partial charge in [-0.05, 0) is 13.3 Å². The average molecular weight is 252 g/mol. The lowest BCUT2D eigenvalue weighted by Crippen LogP contribution is -2.26. The van der Waals surface area contributed by atoms with E-state index in [4.69, 9.17) is 9.47 Å². The summed E-state index contributed by atoms with van der Waals surface area (Å²) in [5, 5.41) is 0. The van der Waals surface area contributed by atoms with Crippen molar-refractivity contribution in [2.75, 3.05) is 13.7 Å². The highest BCUT2D eigenvalue weighted by molar-refractivity contribution is 5.87. The maximum atomic E-state index is 11.5. The number of methoxy groups -OCH3 is 1. The van der Waals surface area contributed by atoms with E-state index in [1.54, 1.807) is 13.1 Å². The van der Waals surface area contributed by atoms with Gasteiger partial charge in [0.15, 0.2) is 5.69 Å². The summed E-state index contributed by atoms with van der Waals surface area (Å²) in [4.78, 5) is 27.2. The second kappa shape index (κ2) is 5.20. The number of hydrogen-bond donors (Lipinski definition) is 0. The van der Waals surface area contributed by atoms with Crippen molar-refractivity contribution in [1.29, 1.82) is 0 Å². The van der Waals surface area contributed by atoms with E-state index in [1.165, 1.54) is 7.11 Å². The molecule has 0 saturated carbocycles. The van der Waals surface area contributed by atoms with Gasteiger partial charge in [-0.1, -0.05) is 0 Å². The van der Waals surface area contributed by atoms with Crippen molar-refractivity contribution in [3.63, 3.8) is 0 Å². The van der Waals surface area contributed by atoms with Gasteiger partial charge in [-0.15, -0.1) is 0 Å². The Morgan fingerprint density at radius 3 is 3.00 bits per heavy atom. The predicted molar refractivity (Wildman–Crippen MR) is 62.0 cm³/mol. The van der Waals surface area contributed by atoms with Gasteiger partial charge >= 0.3 is 11.9 Å². The minimum absolute atomic E-state index is 0.167. The van der Waals surface area contributed by atoms with E-state index < -0.39 is 5.97 Å². The first-order valence-electron chi connectivity index (χ1n) is 5.96. The van der Waals surface area contributed by atoms with Crippen molar-refractivity contribution >= 4 is 11.9 Å². The Morgan fingerprint density at radius 1 is 1.56 bits per heavy atom. The summed E-state index contributed by atoms with van der Waals surface area (Å²) in [5.41, 5.74) is 0.303. The molecule has 18 heavy (non-hydrogen) atoms. The molecule has 1 atom stereocenters. The number of nitrogens with zero attached hydrogens (tertiary/aromatic N) is 2. The molecule has 0 amide bonds. The molecule has 2 rings (SSSR count). The predicted octanol–water partition coefficient (Wildman–Crippen LogP) is 0.795. The second-order valence-corrected chi connectivity index (χ2v) is 4.17. The fourth-order valence-electron chi connectivity index (χ4n) is 2.10. The van der Waals surface area contributed by atoms with Gasteiger partial charge in [0, 0.05) is 19.2 Å². The van der Waals surface area contributed by atoms with Crippen LogP contribution in [-0.4, -0.2) is 35.2 Å². The Morgan fingerprint density at radius 2 is 2.33 bits per heavy atom. The first-order valence-corrected chi connectivity index (χ1v) is 5.96. The minimum Gasteiger partial charge on any atom is -0.469 e. The molecule has 6 heteroatoms. The number of aryl methyl sites for hydroxylation is 1. The van der Waals surface area contributed by atoms with Gasteiger partial charge in [-0.2, -0.15) is 0 Å². The molecule has 0 fully saturated rings. The third kappa shape index (κ3) is 2.37. The number of rotatable bonds is 3. The van der Waals surface area contributed by atoms with Crippen LogP contribution in [0.4, 0.5) is 0 Å². The highest BCUT2D eigenvalue weighted by Gasteiger charge is 2.28. The SMILES string of the molecule is CCOC(=O)c1cn2c(n1)CC(C(=O)OC)CC2. The van der Waals surface area contributed by atoms with Crippen LogP contribution in [0.5, 0.6) is 0 Å². The van der Waals surface area contributed by atoms with Gasteiger partial charge in [-0.25, -0.2) is 9.78 Å². The maximum absolute atomic E-state index is 11.5. The minimum atomic E-state index is -0.422. The molecule has 0 radical (unpaired) electrons. The Labute approximate surface area is 105 Å². The fourth-order valence-corrected chi connectivity index (χ4v) is 2.10. The van der Waals surface area contributed by atoms with E-state index in [-0.39, 0.29) is 11.9 Å².